The second-order valence-corrected chi connectivity index (χ2v) is 6.66. The first-order valence-corrected chi connectivity index (χ1v) is 8.61. The summed E-state index contributed by atoms with van der Waals surface area (Å²) in [6.07, 6.45) is 4.44. The first-order chi connectivity index (χ1) is 11.8. The largest absolute Gasteiger partial charge is 0.361 e. The normalized spacial score (nSPS) is 19.3. The molecule has 2 N–H and O–H groups in total. The van der Waals surface area contributed by atoms with E-state index in [1.165, 1.54) is 22.9 Å². The predicted molar refractivity (Wildman–Crippen MR) is 96.9 cm³/mol. The van der Waals surface area contributed by atoms with Crippen molar-refractivity contribution >= 4 is 10.9 Å². The Labute approximate surface area is 142 Å². The van der Waals surface area contributed by atoms with Gasteiger partial charge in [-0.3, -0.25) is 0 Å². The number of nitriles is 1. The van der Waals surface area contributed by atoms with E-state index in [1.54, 1.807) is 0 Å². The van der Waals surface area contributed by atoms with Crippen molar-refractivity contribution in [2.75, 3.05) is 13.1 Å². The van der Waals surface area contributed by atoms with Crippen LogP contribution < -0.4 is 5.32 Å². The van der Waals surface area contributed by atoms with Gasteiger partial charge in [0, 0.05) is 17.1 Å². The van der Waals surface area contributed by atoms with Crippen LogP contribution in [-0.4, -0.2) is 18.1 Å². The van der Waals surface area contributed by atoms with Crippen LogP contribution in [0.5, 0.6) is 0 Å². The summed E-state index contributed by atoms with van der Waals surface area (Å²) < 4.78 is 0. The molecule has 0 radical (unpaired) electrons. The highest BCUT2D eigenvalue weighted by Gasteiger charge is 2.39. The summed E-state index contributed by atoms with van der Waals surface area (Å²) in [5.74, 6) is 1.34. The summed E-state index contributed by atoms with van der Waals surface area (Å²) >= 11 is 0. The van der Waals surface area contributed by atoms with Crippen LogP contribution in [0.15, 0.2) is 54.7 Å². The van der Waals surface area contributed by atoms with Gasteiger partial charge in [0.05, 0.1) is 11.6 Å². The molecule has 1 aliphatic carbocycles. The van der Waals surface area contributed by atoms with E-state index < -0.39 is 0 Å². The monoisotopic (exact) mass is 315 g/mol. The molecule has 1 fully saturated rings. The molecule has 2 aromatic carbocycles. The van der Waals surface area contributed by atoms with Gasteiger partial charge in [0.25, 0.3) is 0 Å². The fourth-order valence-corrected chi connectivity index (χ4v) is 3.54. The molecule has 4 rings (SSSR count). The number of hydrogen-bond donors (Lipinski definition) is 2. The van der Waals surface area contributed by atoms with Gasteiger partial charge in [-0.2, -0.15) is 5.26 Å². The van der Waals surface area contributed by atoms with Gasteiger partial charge in [0.1, 0.15) is 0 Å². The van der Waals surface area contributed by atoms with Crippen molar-refractivity contribution in [3.8, 4) is 6.07 Å². The molecule has 120 valence electrons. The summed E-state index contributed by atoms with van der Waals surface area (Å²) in [7, 11) is 0. The van der Waals surface area contributed by atoms with E-state index in [0.29, 0.717) is 11.8 Å². The molecule has 1 aromatic heterocycles. The lowest BCUT2D eigenvalue weighted by molar-refractivity contribution is 0.627. The quantitative estimate of drug-likeness (QED) is 0.676. The first kappa shape index (κ1) is 15.0. The average Bonchev–Trinajstić information content (AvgIpc) is 3.28. The van der Waals surface area contributed by atoms with Gasteiger partial charge in [-0.15, -0.1) is 0 Å². The van der Waals surface area contributed by atoms with Gasteiger partial charge in [-0.25, -0.2) is 0 Å². The number of nitrogens with one attached hydrogen (secondary N) is 2. The Hall–Kier alpha value is -2.57. The van der Waals surface area contributed by atoms with Crippen LogP contribution in [-0.2, 0) is 6.42 Å². The number of benzene rings is 2. The van der Waals surface area contributed by atoms with Gasteiger partial charge < -0.3 is 10.3 Å². The molecule has 0 saturated heterocycles. The molecule has 3 nitrogen and oxygen atoms in total. The van der Waals surface area contributed by atoms with Crippen molar-refractivity contribution in [1.29, 1.82) is 5.26 Å². The number of H-pyrrole nitrogens is 1. The summed E-state index contributed by atoms with van der Waals surface area (Å²) in [5.41, 5.74) is 4.63. The van der Waals surface area contributed by atoms with E-state index in [2.05, 4.69) is 52.9 Å². The Morgan fingerprint density at radius 3 is 2.88 bits per heavy atom. The molecule has 2 atom stereocenters. The summed E-state index contributed by atoms with van der Waals surface area (Å²) in [6, 6.07) is 18.7. The maximum atomic E-state index is 9.10. The van der Waals surface area contributed by atoms with Crippen LogP contribution >= 0.6 is 0 Å². The first-order valence-electron chi connectivity index (χ1n) is 8.61. The van der Waals surface area contributed by atoms with E-state index in [9.17, 15) is 0 Å². The van der Waals surface area contributed by atoms with Gasteiger partial charge in [-0.1, -0.05) is 30.3 Å². The molecular weight excluding hydrogens is 294 g/mol. The van der Waals surface area contributed by atoms with Crippen molar-refractivity contribution in [3.63, 3.8) is 0 Å². The predicted octanol–water partition coefficient (Wildman–Crippen LogP) is 3.98. The number of rotatable bonds is 6. The summed E-state index contributed by atoms with van der Waals surface area (Å²) in [4.78, 5) is 3.34. The molecule has 2 unspecified atom stereocenters. The Kier molecular flexibility index (Phi) is 4.06. The van der Waals surface area contributed by atoms with Crippen molar-refractivity contribution < 1.29 is 0 Å². The smallest absolute Gasteiger partial charge is 0.0991 e. The number of hydrogen-bond acceptors (Lipinski definition) is 2. The van der Waals surface area contributed by atoms with Crippen molar-refractivity contribution in [3.05, 3.63) is 71.4 Å². The van der Waals surface area contributed by atoms with Crippen molar-refractivity contribution in [2.24, 2.45) is 5.92 Å². The lowest BCUT2D eigenvalue weighted by Gasteiger charge is -2.04. The van der Waals surface area contributed by atoms with Crippen LogP contribution in [0, 0.1) is 17.2 Å². The third-order valence-corrected chi connectivity index (χ3v) is 5.00. The van der Waals surface area contributed by atoms with Gasteiger partial charge in [-0.05, 0) is 67.1 Å². The third kappa shape index (κ3) is 3.06. The molecule has 3 heteroatoms. The number of aromatic nitrogens is 1. The molecule has 24 heavy (non-hydrogen) atoms. The molecule has 0 spiro atoms. The zero-order valence-electron chi connectivity index (χ0n) is 13.6. The topological polar surface area (TPSA) is 51.6 Å². The lowest BCUT2D eigenvalue weighted by atomic mass is 10.1. The second kappa shape index (κ2) is 6.51. The lowest BCUT2D eigenvalue weighted by Crippen LogP contribution is -2.20. The molecule has 0 aliphatic heterocycles. The van der Waals surface area contributed by atoms with E-state index in [-0.39, 0.29) is 0 Å². The van der Waals surface area contributed by atoms with Crippen LogP contribution in [0.3, 0.4) is 0 Å². The van der Waals surface area contributed by atoms with E-state index in [4.69, 9.17) is 5.26 Å². The SMILES string of the molecule is N#Cc1ccc2[nH]cc(C3CC3CNCCc3ccccc3)c2c1. The molecule has 1 saturated carbocycles. The van der Waals surface area contributed by atoms with E-state index in [1.807, 2.05) is 18.2 Å². The Balaban J connectivity index is 1.33. The standard InChI is InChI=1S/C21H21N3/c22-12-16-6-7-21-19(10-16)20(14-24-21)18-11-17(18)13-23-9-8-15-4-2-1-3-5-15/h1-7,10,14,17-18,23-24H,8-9,11,13H2. The Morgan fingerprint density at radius 1 is 1.17 bits per heavy atom. The zero-order chi connectivity index (χ0) is 16.4. The fourth-order valence-electron chi connectivity index (χ4n) is 3.54. The van der Waals surface area contributed by atoms with Crippen molar-refractivity contribution in [2.45, 2.75) is 18.8 Å². The maximum Gasteiger partial charge on any atom is 0.0991 e. The fraction of sp³-hybridized carbons (Fsp3) is 0.286. The van der Waals surface area contributed by atoms with Gasteiger partial charge in [0.2, 0.25) is 0 Å². The second-order valence-electron chi connectivity index (χ2n) is 6.66. The summed E-state index contributed by atoms with van der Waals surface area (Å²) in [5, 5.41) is 13.9. The van der Waals surface area contributed by atoms with Crippen molar-refractivity contribution in [1.82, 2.24) is 10.3 Å². The Morgan fingerprint density at radius 2 is 2.04 bits per heavy atom. The average molecular weight is 315 g/mol. The molecule has 1 heterocycles. The molecule has 3 aromatic rings. The highest BCUT2D eigenvalue weighted by Crippen LogP contribution is 2.49. The minimum absolute atomic E-state index is 0.622. The highest BCUT2D eigenvalue weighted by molar-refractivity contribution is 5.85. The molecular formula is C21H21N3. The molecule has 1 aliphatic rings. The van der Waals surface area contributed by atoms with Gasteiger partial charge in [0.15, 0.2) is 0 Å². The minimum Gasteiger partial charge on any atom is -0.361 e. The highest BCUT2D eigenvalue weighted by atomic mass is 14.9. The van der Waals surface area contributed by atoms with Crippen LogP contribution in [0.4, 0.5) is 0 Å². The van der Waals surface area contributed by atoms with E-state index in [0.717, 1.165) is 30.6 Å². The van der Waals surface area contributed by atoms with Gasteiger partial charge >= 0.3 is 0 Å². The van der Waals surface area contributed by atoms with Crippen LogP contribution in [0.25, 0.3) is 10.9 Å². The van der Waals surface area contributed by atoms with Crippen LogP contribution in [0.1, 0.15) is 29.0 Å². The number of nitrogens with zero attached hydrogens (tertiary/aromatic N) is 1. The summed E-state index contributed by atoms with van der Waals surface area (Å²) in [6.45, 7) is 2.10. The zero-order valence-corrected chi connectivity index (χ0v) is 13.6. The minimum atomic E-state index is 0.622. The van der Waals surface area contributed by atoms with E-state index >= 15 is 0 Å². The Bertz CT molecular complexity index is 873. The maximum absolute atomic E-state index is 9.10. The molecule has 0 amide bonds. The number of aromatic amines is 1. The third-order valence-electron chi connectivity index (χ3n) is 5.00. The molecule has 0 bridgehead atoms. The van der Waals surface area contributed by atoms with Crippen LogP contribution in [0.2, 0.25) is 0 Å². The number of fused-ring (bicyclic) bond motifs is 1.